The zero-order valence-electron chi connectivity index (χ0n) is 14.4. The van der Waals surface area contributed by atoms with E-state index in [1.165, 1.54) is 25.3 Å². The van der Waals surface area contributed by atoms with Crippen LogP contribution in [0, 0.1) is 16.6 Å². The van der Waals surface area contributed by atoms with Crippen LogP contribution in [-0.2, 0) is 0 Å². The molecule has 0 radical (unpaired) electrons. The van der Waals surface area contributed by atoms with E-state index in [9.17, 15) is 9.50 Å². The maximum atomic E-state index is 13.5. The molecule has 1 heterocycles. The second-order valence-electron chi connectivity index (χ2n) is 8.54. The second-order valence-corrected chi connectivity index (χ2v) is 8.54. The maximum absolute atomic E-state index is 13.5. The van der Waals surface area contributed by atoms with Gasteiger partial charge in [-0.1, -0.05) is 32.9 Å². The molecule has 1 aromatic rings. The Morgan fingerprint density at radius 1 is 1.30 bits per heavy atom. The molecule has 4 heteroatoms. The number of halogens is 1. The molecule has 3 rings (SSSR count). The van der Waals surface area contributed by atoms with Crippen LogP contribution in [0.5, 0.6) is 5.75 Å². The largest absolute Gasteiger partial charge is 0.488 e. The number of benzene rings is 1. The normalized spacial score (nSPS) is 31.1. The summed E-state index contributed by atoms with van der Waals surface area (Å²) in [5, 5.41) is 10.3. The van der Waals surface area contributed by atoms with Gasteiger partial charge in [0.25, 0.3) is 0 Å². The van der Waals surface area contributed by atoms with Crippen LogP contribution in [0.25, 0.3) is 0 Å². The lowest BCUT2D eigenvalue weighted by molar-refractivity contribution is 0.0573. The van der Waals surface area contributed by atoms with Gasteiger partial charge in [0.15, 0.2) is 11.6 Å². The molecule has 2 aliphatic rings. The SMILES string of the molecule is CC1(C)C[C@@H]2C[C@@](C)(CN2C[C@H](O)COc2ccccc2F)C1. The quantitative estimate of drug-likeness (QED) is 0.901. The van der Waals surface area contributed by atoms with Gasteiger partial charge >= 0.3 is 0 Å². The first kappa shape index (κ1) is 16.7. The molecule has 1 saturated heterocycles. The molecular weight excluding hydrogens is 293 g/mol. The number of β-amino-alcohol motifs (C(OH)–C–C–N with tert-alkyl or cyclic N) is 1. The van der Waals surface area contributed by atoms with Crippen LogP contribution in [-0.4, -0.2) is 41.8 Å². The lowest BCUT2D eigenvalue weighted by Crippen LogP contribution is -2.39. The fourth-order valence-electron chi connectivity index (χ4n) is 4.86. The average molecular weight is 321 g/mol. The molecule has 1 aliphatic heterocycles. The average Bonchev–Trinajstić information content (AvgIpc) is 2.66. The van der Waals surface area contributed by atoms with Gasteiger partial charge < -0.3 is 9.84 Å². The topological polar surface area (TPSA) is 32.7 Å². The monoisotopic (exact) mass is 321 g/mol. The first-order valence-corrected chi connectivity index (χ1v) is 8.56. The van der Waals surface area contributed by atoms with Crippen molar-refractivity contribution in [3.05, 3.63) is 30.1 Å². The molecule has 0 aromatic heterocycles. The Kier molecular flexibility index (Phi) is 4.41. The van der Waals surface area contributed by atoms with Gasteiger partial charge in [0, 0.05) is 19.1 Å². The fourth-order valence-corrected chi connectivity index (χ4v) is 4.86. The van der Waals surface area contributed by atoms with Crippen molar-refractivity contribution in [3.63, 3.8) is 0 Å². The fraction of sp³-hybridized carbons (Fsp3) is 0.684. The number of aliphatic hydroxyl groups is 1. The third kappa shape index (κ3) is 3.86. The highest BCUT2D eigenvalue weighted by atomic mass is 19.1. The molecule has 2 fully saturated rings. The van der Waals surface area contributed by atoms with E-state index < -0.39 is 6.10 Å². The van der Waals surface area contributed by atoms with Crippen LogP contribution >= 0.6 is 0 Å². The summed E-state index contributed by atoms with van der Waals surface area (Å²) in [6.45, 7) is 8.83. The highest BCUT2D eigenvalue weighted by molar-refractivity contribution is 5.23. The van der Waals surface area contributed by atoms with Gasteiger partial charge in [0.05, 0.1) is 0 Å². The maximum Gasteiger partial charge on any atom is 0.165 e. The van der Waals surface area contributed by atoms with Crippen LogP contribution in [0.2, 0.25) is 0 Å². The molecule has 1 aliphatic carbocycles. The minimum absolute atomic E-state index is 0.129. The van der Waals surface area contributed by atoms with E-state index in [4.69, 9.17) is 4.74 Å². The van der Waals surface area contributed by atoms with Crippen LogP contribution in [0.3, 0.4) is 0 Å². The van der Waals surface area contributed by atoms with Crippen LogP contribution in [0.15, 0.2) is 24.3 Å². The van der Waals surface area contributed by atoms with Gasteiger partial charge in [-0.3, -0.25) is 4.90 Å². The summed E-state index contributed by atoms with van der Waals surface area (Å²) in [6.07, 6.45) is 3.05. The smallest absolute Gasteiger partial charge is 0.165 e. The molecule has 0 amide bonds. The third-order valence-electron chi connectivity index (χ3n) is 5.24. The molecular formula is C19H28FNO2. The number of fused-ring (bicyclic) bond motifs is 2. The summed E-state index contributed by atoms with van der Waals surface area (Å²) in [5.74, 6) is -0.175. The Morgan fingerprint density at radius 3 is 2.78 bits per heavy atom. The summed E-state index contributed by atoms with van der Waals surface area (Å²) in [4.78, 5) is 2.41. The van der Waals surface area contributed by atoms with E-state index in [0.717, 1.165) is 6.54 Å². The van der Waals surface area contributed by atoms with Gasteiger partial charge in [0.1, 0.15) is 12.7 Å². The Hall–Kier alpha value is -1.13. The summed E-state index contributed by atoms with van der Waals surface area (Å²) in [5.41, 5.74) is 0.736. The minimum atomic E-state index is -0.597. The van der Waals surface area contributed by atoms with Crippen molar-refractivity contribution in [2.24, 2.45) is 10.8 Å². The number of hydrogen-bond donors (Lipinski definition) is 1. The molecule has 2 bridgehead atoms. The van der Waals surface area contributed by atoms with E-state index in [1.54, 1.807) is 18.2 Å². The zero-order valence-corrected chi connectivity index (χ0v) is 14.4. The first-order chi connectivity index (χ1) is 10.8. The number of ether oxygens (including phenoxy) is 1. The molecule has 1 aromatic carbocycles. The third-order valence-corrected chi connectivity index (χ3v) is 5.24. The summed E-state index contributed by atoms with van der Waals surface area (Å²) < 4.78 is 19.0. The highest BCUT2D eigenvalue weighted by Gasteiger charge is 2.49. The van der Waals surface area contributed by atoms with Gasteiger partial charge in [0.2, 0.25) is 0 Å². The minimum Gasteiger partial charge on any atom is -0.488 e. The Balaban J connectivity index is 1.55. The molecule has 0 unspecified atom stereocenters. The predicted molar refractivity (Wildman–Crippen MR) is 89.0 cm³/mol. The van der Waals surface area contributed by atoms with Crippen LogP contribution in [0.1, 0.15) is 40.0 Å². The lowest BCUT2D eigenvalue weighted by Gasteiger charge is -2.40. The number of para-hydroxylation sites is 1. The lowest BCUT2D eigenvalue weighted by atomic mass is 9.65. The van der Waals surface area contributed by atoms with Crippen molar-refractivity contribution < 1.29 is 14.2 Å². The van der Waals surface area contributed by atoms with Crippen molar-refractivity contribution in [1.82, 2.24) is 4.90 Å². The molecule has 1 N–H and O–H groups in total. The van der Waals surface area contributed by atoms with E-state index in [-0.39, 0.29) is 18.2 Å². The molecule has 23 heavy (non-hydrogen) atoms. The number of likely N-dealkylation sites (tertiary alicyclic amines) is 1. The van der Waals surface area contributed by atoms with E-state index in [1.807, 2.05) is 0 Å². The van der Waals surface area contributed by atoms with E-state index in [0.29, 0.717) is 23.4 Å². The van der Waals surface area contributed by atoms with Gasteiger partial charge in [-0.25, -0.2) is 4.39 Å². The van der Waals surface area contributed by atoms with Gasteiger partial charge in [-0.05, 0) is 42.2 Å². The summed E-state index contributed by atoms with van der Waals surface area (Å²) in [6, 6.07) is 6.87. The molecule has 3 atom stereocenters. The van der Waals surface area contributed by atoms with Crippen LogP contribution in [0.4, 0.5) is 4.39 Å². The Morgan fingerprint density at radius 2 is 2.04 bits per heavy atom. The van der Waals surface area contributed by atoms with E-state index >= 15 is 0 Å². The van der Waals surface area contributed by atoms with Crippen molar-refractivity contribution in [1.29, 1.82) is 0 Å². The second kappa shape index (κ2) is 6.06. The summed E-state index contributed by atoms with van der Waals surface area (Å²) >= 11 is 0. The summed E-state index contributed by atoms with van der Waals surface area (Å²) in [7, 11) is 0. The highest BCUT2D eigenvalue weighted by Crippen LogP contribution is 2.52. The standard InChI is InChI=1S/C19H28FNO2/c1-18(2)8-14-9-19(3,12-18)13-21(14)10-15(22)11-23-17-7-5-4-6-16(17)20/h4-7,14-15,22H,8-13H2,1-3H3/t14-,15+,19-/m1/s1. The van der Waals surface area contributed by atoms with Crippen molar-refractivity contribution in [3.8, 4) is 5.75 Å². The number of rotatable bonds is 5. The number of aliphatic hydroxyl groups excluding tert-OH is 1. The molecule has 1 saturated carbocycles. The number of hydrogen-bond acceptors (Lipinski definition) is 3. The van der Waals surface area contributed by atoms with Crippen molar-refractivity contribution in [2.45, 2.75) is 52.2 Å². The van der Waals surface area contributed by atoms with Crippen molar-refractivity contribution in [2.75, 3.05) is 19.7 Å². The molecule has 128 valence electrons. The van der Waals surface area contributed by atoms with Crippen LogP contribution < -0.4 is 4.74 Å². The molecule has 3 nitrogen and oxygen atoms in total. The Bertz CT molecular complexity index is 562. The zero-order chi connectivity index (χ0) is 16.7. The Labute approximate surface area is 138 Å². The molecule has 0 spiro atoms. The predicted octanol–water partition coefficient (Wildman–Crippen LogP) is 3.47. The number of nitrogens with zero attached hydrogens (tertiary/aromatic N) is 1. The van der Waals surface area contributed by atoms with Crippen molar-refractivity contribution >= 4 is 0 Å². The van der Waals surface area contributed by atoms with Gasteiger partial charge in [-0.2, -0.15) is 0 Å². The first-order valence-electron chi connectivity index (χ1n) is 8.56. The van der Waals surface area contributed by atoms with E-state index in [2.05, 4.69) is 25.7 Å². The van der Waals surface area contributed by atoms with Gasteiger partial charge in [-0.15, -0.1) is 0 Å².